The molecule has 1 heterocycles. The Balaban J connectivity index is 2.99. The second-order valence-corrected chi connectivity index (χ2v) is 6.14. The number of hydrogen-bond donors (Lipinski definition) is 0. The molecule has 5 nitrogen and oxygen atoms in total. The summed E-state index contributed by atoms with van der Waals surface area (Å²) in [4.78, 5) is 25.3. The van der Waals surface area contributed by atoms with Crippen molar-refractivity contribution in [1.29, 1.82) is 0 Å². The molecule has 1 aliphatic rings. The molecule has 0 radical (unpaired) electrons. The average molecular weight is 322 g/mol. The molecular weight excluding hydrogens is 302 g/mol. The Bertz CT molecular complexity index is 343. The van der Waals surface area contributed by atoms with Gasteiger partial charge in [-0.1, -0.05) is 29.8 Å². The highest BCUT2D eigenvalue weighted by atomic mass is 79.9. The van der Waals surface area contributed by atoms with Crippen LogP contribution >= 0.6 is 15.9 Å². The van der Waals surface area contributed by atoms with Crippen molar-refractivity contribution in [2.24, 2.45) is 5.92 Å². The molecule has 0 aromatic carbocycles. The van der Waals surface area contributed by atoms with Crippen molar-refractivity contribution < 1.29 is 19.1 Å². The molecule has 0 bridgehead atoms. The molecule has 0 N–H and O–H groups in total. The van der Waals surface area contributed by atoms with Crippen molar-refractivity contribution in [3.05, 3.63) is 0 Å². The van der Waals surface area contributed by atoms with Gasteiger partial charge in [0.05, 0.1) is 18.5 Å². The van der Waals surface area contributed by atoms with Gasteiger partial charge in [0.15, 0.2) is 6.04 Å². The first-order valence-corrected chi connectivity index (χ1v) is 6.83. The van der Waals surface area contributed by atoms with E-state index in [0.717, 1.165) is 0 Å². The van der Waals surface area contributed by atoms with Crippen molar-refractivity contribution in [1.82, 2.24) is 4.90 Å². The van der Waals surface area contributed by atoms with Crippen molar-refractivity contribution >= 4 is 27.8 Å². The second kappa shape index (κ2) is 5.57. The van der Waals surface area contributed by atoms with Crippen LogP contribution in [0.2, 0.25) is 0 Å². The highest BCUT2D eigenvalue weighted by molar-refractivity contribution is 9.10. The number of carbonyl (C=O) groups excluding carboxylic acids is 2. The number of alkyl halides is 1. The summed E-state index contributed by atoms with van der Waals surface area (Å²) >= 11 is 3.37. The normalized spacial score (nSPS) is 24.2. The SMILES string of the molecule is COC(=O)C1COC(C)(C)N1C(=O)C(Br)C(C)C. The quantitative estimate of drug-likeness (QED) is 0.584. The summed E-state index contributed by atoms with van der Waals surface area (Å²) in [5.41, 5.74) is -0.795. The highest BCUT2D eigenvalue weighted by Gasteiger charge is 2.49. The lowest BCUT2D eigenvalue weighted by molar-refractivity contribution is -0.157. The zero-order valence-corrected chi connectivity index (χ0v) is 13.0. The fourth-order valence-electron chi connectivity index (χ4n) is 1.95. The lowest BCUT2D eigenvalue weighted by Gasteiger charge is -2.34. The maximum atomic E-state index is 12.4. The van der Waals surface area contributed by atoms with E-state index in [1.165, 1.54) is 12.0 Å². The zero-order chi connectivity index (χ0) is 14.1. The summed E-state index contributed by atoms with van der Waals surface area (Å²) in [6.07, 6.45) is 0. The lowest BCUT2D eigenvalue weighted by atomic mass is 10.1. The van der Waals surface area contributed by atoms with Crippen LogP contribution < -0.4 is 0 Å². The molecule has 0 aromatic rings. The van der Waals surface area contributed by atoms with Crippen molar-refractivity contribution in [2.75, 3.05) is 13.7 Å². The summed E-state index contributed by atoms with van der Waals surface area (Å²) in [7, 11) is 1.31. The maximum absolute atomic E-state index is 12.4. The van der Waals surface area contributed by atoms with Crippen LogP contribution in [-0.4, -0.2) is 47.1 Å². The summed E-state index contributed by atoms with van der Waals surface area (Å²) in [5.74, 6) is -0.465. The van der Waals surface area contributed by atoms with Gasteiger partial charge >= 0.3 is 5.97 Å². The van der Waals surface area contributed by atoms with E-state index in [1.54, 1.807) is 13.8 Å². The monoisotopic (exact) mass is 321 g/mol. The zero-order valence-electron chi connectivity index (χ0n) is 11.4. The van der Waals surface area contributed by atoms with E-state index in [9.17, 15) is 9.59 Å². The van der Waals surface area contributed by atoms with E-state index in [4.69, 9.17) is 9.47 Å². The highest BCUT2D eigenvalue weighted by Crippen LogP contribution is 2.31. The Labute approximate surface area is 116 Å². The number of ether oxygens (including phenoxy) is 2. The van der Waals surface area contributed by atoms with Gasteiger partial charge in [0.25, 0.3) is 0 Å². The van der Waals surface area contributed by atoms with Gasteiger partial charge in [-0.05, 0) is 19.8 Å². The molecule has 1 fully saturated rings. The van der Waals surface area contributed by atoms with Crippen LogP contribution in [0.3, 0.4) is 0 Å². The molecular formula is C12H20BrNO4. The largest absolute Gasteiger partial charge is 0.467 e. The van der Waals surface area contributed by atoms with Crippen LogP contribution in [0.4, 0.5) is 0 Å². The van der Waals surface area contributed by atoms with Crippen LogP contribution in [-0.2, 0) is 19.1 Å². The number of rotatable bonds is 3. The minimum Gasteiger partial charge on any atom is -0.467 e. The second-order valence-electron chi connectivity index (χ2n) is 5.15. The third kappa shape index (κ3) is 2.85. The molecule has 0 saturated carbocycles. The van der Waals surface area contributed by atoms with Gasteiger partial charge in [-0.3, -0.25) is 9.69 Å². The minimum absolute atomic E-state index is 0.132. The molecule has 0 spiro atoms. The van der Waals surface area contributed by atoms with Crippen LogP contribution in [0.25, 0.3) is 0 Å². The van der Waals surface area contributed by atoms with Crippen molar-refractivity contribution in [3.8, 4) is 0 Å². The number of nitrogens with zero attached hydrogens (tertiary/aromatic N) is 1. The molecule has 1 amide bonds. The Morgan fingerprint density at radius 1 is 1.44 bits per heavy atom. The number of carbonyl (C=O) groups is 2. The average Bonchev–Trinajstić information content (AvgIpc) is 2.61. The molecule has 0 aromatic heterocycles. The maximum Gasteiger partial charge on any atom is 0.331 e. The number of hydrogen-bond acceptors (Lipinski definition) is 4. The van der Waals surface area contributed by atoms with Crippen LogP contribution in [0, 0.1) is 5.92 Å². The first-order valence-electron chi connectivity index (χ1n) is 5.91. The fraction of sp³-hybridized carbons (Fsp3) is 0.833. The van der Waals surface area contributed by atoms with E-state index >= 15 is 0 Å². The van der Waals surface area contributed by atoms with Crippen molar-refractivity contribution in [3.63, 3.8) is 0 Å². The summed E-state index contributed by atoms with van der Waals surface area (Å²) in [6.45, 7) is 7.59. The van der Waals surface area contributed by atoms with Gasteiger partial charge in [-0.25, -0.2) is 4.79 Å². The Kier molecular flexibility index (Phi) is 4.78. The first kappa shape index (κ1) is 15.4. The smallest absolute Gasteiger partial charge is 0.331 e. The Morgan fingerprint density at radius 2 is 2.00 bits per heavy atom. The number of esters is 1. The lowest BCUT2D eigenvalue weighted by Crippen LogP contribution is -2.54. The fourth-order valence-corrected chi connectivity index (χ4v) is 2.17. The molecule has 104 valence electrons. The number of halogens is 1. The molecule has 0 aliphatic carbocycles. The van der Waals surface area contributed by atoms with Gasteiger partial charge in [-0.15, -0.1) is 0 Å². The Morgan fingerprint density at radius 3 is 2.44 bits per heavy atom. The van der Waals surface area contributed by atoms with Crippen LogP contribution in [0.1, 0.15) is 27.7 Å². The number of amides is 1. The van der Waals surface area contributed by atoms with Gasteiger partial charge in [0, 0.05) is 0 Å². The third-order valence-corrected chi connectivity index (χ3v) is 4.47. The minimum atomic E-state index is -0.795. The molecule has 2 atom stereocenters. The third-order valence-electron chi connectivity index (χ3n) is 3.02. The first-order chi connectivity index (χ1) is 8.22. The predicted molar refractivity (Wildman–Crippen MR) is 70.2 cm³/mol. The molecule has 18 heavy (non-hydrogen) atoms. The molecule has 1 aliphatic heterocycles. The van der Waals surface area contributed by atoms with E-state index in [2.05, 4.69) is 15.9 Å². The van der Waals surface area contributed by atoms with E-state index in [1.807, 2.05) is 13.8 Å². The molecule has 1 rings (SSSR count). The standard InChI is InChI=1S/C12H20BrNO4/c1-7(2)9(13)10(15)14-8(11(16)17-5)6-18-12(14,3)4/h7-9H,6H2,1-5H3. The van der Waals surface area contributed by atoms with Gasteiger partial charge in [-0.2, -0.15) is 0 Å². The van der Waals surface area contributed by atoms with Gasteiger partial charge < -0.3 is 9.47 Å². The predicted octanol–water partition coefficient (Wildman–Crippen LogP) is 1.54. The van der Waals surface area contributed by atoms with Gasteiger partial charge in [0.2, 0.25) is 5.91 Å². The van der Waals surface area contributed by atoms with E-state index < -0.39 is 17.7 Å². The summed E-state index contributed by atoms with van der Waals surface area (Å²) in [6, 6.07) is -0.670. The topological polar surface area (TPSA) is 55.8 Å². The molecule has 6 heteroatoms. The van der Waals surface area contributed by atoms with Crippen LogP contribution in [0.5, 0.6) is 0 Å². The summed E-state index contributed by atoms with van der Waals surface area (Å²) in [5, 5.41) is 0. The van der Waals surface area contributed by atoms with Crippen molar-refractivity contribution in [2.45, 2.75) is 44.3 Å². The Hall–Kier alpha value is -0.620. The van der Waals surface area contributed by atoms with E-state index in [-0.39, 0.29) is 23.3 Å². The number of methoxy groups -OCH3 is 1. The molecule has 1 saturated heterocycles. The van der Waals surface area contributed by atoms with E-state index in [0.29, 0.717) is 0 Å². The summed E-state index contributed by atoms with van der Waals surface area (Å²) < 4.78 is 10.2. The molecule has 2 unspecified atom stereocenters. The van der Waals surface area contributed by atoms with Gasteiger partial charge in [0.1, 0.15) is 5.72 Å². The van der Waals surface area contributed by atoms with Crippen LogP contribution in [0.15, 0.2) is 0 Å².